The van der Waals surface area contributed by atoms with Crippen molar-refractivity contribution in [3.05, 3.63) is 29.8 Å². The molecule has 1 heterocycles. The van der Waals surface area contributed by atoms with Crippen LogP contribution in [-0.4, -0.2) is 62.3 Å². The average Bonchev–Trinajstić information content (AvgIpc) is 2.81. The van der Waals surface area contributed by atoms with E-state index in [1.807, 2.05) is 12.1 Å². The normalized spacial score (nSPS) is 26.7. The van der Waals surface area contributed by atoms with Gasteiger partial charge in [0.2, 0.25) is 15.9 Å². The summed E-state index contributed by atoms with van der Waals surface area (Å²) < 4.78 is 27.8. The third-order valence-corrected chi connectivity index (χ3v) is 9.66. The second-order valence-corrected chi connectivity index (χ2v) is 12.0. The molecule has 3 fully saturated rings. The molecule has 1 saturated heterocycles. The first-order chi connectivity index (χ1) is 15.4. The van der Waals surface area contributed by atoms with Crippen molar-refractivity contribution >= 4 is 15.9 Å². The quantitative estimate of drug-likeness (QED) is 0.701. The second-order valence-electron chi connectivity index (χ2n) is 10.0. The first-order valence-electron chi connectivity index (χ1n) is 12.6. The molecule has 4 rings (SSSR count). The van der Waals surface area contributed by atoms with E-state index in [0.717, 1.165) is 6.42 Å². The van der Waals surface area contributed by atoms with Gasteiger partial charge in [0.1, 0.15) is 0 Å². The van der Waals surface area contributed by atoms with Crippen molar-refractivity contribution in [2.45, 2.75) is 81.6 Å². The molecule has 0 spiro atoms. The third-order valence-electron chi connectivity index (χ3n) is 7.75. The Morgan fingerprint density at radius 1 is 0.906 bits per heavy atom. The van der Waals surface area contributed by atoms with Gasteiger partial charge in [-0.1, -0.05) is 51.2 Å². The standard InChI is InChI=1S/C25H39N3O3S/c1-20-7-5-6-10-24(20)26-25(29)19-27-15-17-28(18-16-27)32(30,31)23-13-11-22(12-14-23)21-8-3-2-4-9-21/h11-14,20-21,24H,2-10,15-19H2,1H3,(H,26,29)/t20-,24-/m0/s1. The number of nitrogens with one attached hydrogen (secondary N) is 1. The van der Waals surface area contributed by atoms with E-state index in [1.54, 1.807) is 16.4 Å². The molecule has 32 heavy (non-hydrogen) atoms. The van der Waals surface area contributed by atoms with E-state index < -0.39 is 10.0 Å². The molecule has 2 aliphatic carbocycles. The number of carbonyl (C=O) groups excluding carboxylic acids is 1. The number of nitrogens with zero attached hydrogens (tertiary/aromatic N) is 2. The molecule has 6 nitrogen and oxygen atoms in total. The van der Waals surface area contributed by atoms with E-state index in [0.29, 0.717) is 49.5 Å². The zero-order valence-electron chi connectivity index (χ0n) is 19.5. The van der Waals surface area contributed by atoms with Gasteiger partial charge in [-0.05, 0) is 55.2 Å². The van der Waals surface area contributed by atoms with Gasteiger partial charge in [-0.25, -0.2) is 8.42 Å². The monoisotopic (exact) mass is 461 g/mol. The first kappa shape index (κ1) is 23.7. The molecule has 1 amide bonds. The van der Waals surface area contributed by atoms with E-state index in [1.165, 1.54) is 56.9 Å². The Morgan fingerprint density at radius 3 is 2.19 bits per heavy atom. The number of amides is 1. The summed E-state index contributed by atoms with van der Waals surface area (Å²) in [6.45, 7) is 4.61. The molecular weight excluding hydrogens is 422 g/mol. The van der Waals surface area contributed by atoms with Crippen LogP contribution in [0.5, 0.6) is 0 Å². The average molecular weight is 462 g/mol. The van der Waals surface area contributed by atoms with Crippen LogP contribution in [0.1, 0.15) is 76.2 Å². The van der Waals surface area contributed by atoms with Crippen molar-refractivity contribution in [3.8, 4) is 0 Å². The Bertz CT molecular complexity index is 857. The minimum atomic E-state index is -3.49. The minimum Gasteiger partial charge on any atom is -0.352 e. The van der Waals surface area contributed by atoms with Gasteiger partial charge < -0.3 is 5.32 Å². The predicted octanol–water partition coefficient (Wildman–Crippen LogP) is 3.74. The highest BCUT2D eigenvalue weighted by Gasteiger charge is 2.30. The zero-order valence-corrected chi connectivity index (χ0v) is 20.3. The third kappa shape index (κ3) is 5.72. The summed E-state index contributed by atoms with van der Waals surface area (Å²) >= 11 is 0. The fourth-order valence-electron chi connectivity index (χ4n) is 5.61. The van der Waals surface area contributed by atoms with Crippen LogP contribution >= 0.6 is 0 Å². The van der Waals surface area contributed by atoms with Crippen LogP contribution in [0.25, 0.3) is 0 Å². The highest BCUT2D eigenvalue weighted by atomic mass is 32.2. The highest BCUT2D eigenvalue weighted by molar-refractivity contribution is 7.89. The summed E-state index contributed by atoms with van der Waals surface area (Å²) in [7, 11) is -3.49. The van der Waals surface area contributed by atoms with E-state index in [-0.39, 0.29) is 11.9 Å². The van der Waals surface area contributed by atoms with Crippen LogP contribution < -0.4 is 5.32 Å². The van der Waals surface area contributed by atoms with Gasteiger partial charge in [0, 0.05) is 32.2 Å². The van der Waals surface area contributed by atoms with E-state index >= 15 is 0 Å². The topological polar surface area (TPSA) is 69.7 Å². The summed E-state index contributed by atoms with van der Waals surface area (Å²) in [6.07, 6.45) is 11.0. The highest BCUT2D eigenvalue weighted by Crippen LogP contribution is 2.33. The molecule has 1 N–H and O–H groups in total. The predicted molar refractivity (Wildman–Crippen MR) is 127 cm³/mol. The molecule has 0 bridgehead atoms. The van der Waals surface area contributed by atoms with Gasteiger partial charge in [-0.3, -0.25) is 9.69 Å². The van der Waals surface area contributed by atoms with Crippen molar-refractivity contribution in [3.63, 3.8) is 0 Å². The largest absolute Gasteiger partial charge is 0.352 e. The van der Waals surface area contributed by atoms with Crippen molar-refractivity contribution in [1.29, 1.82) is 0 Å². The lowest BCUT2D eigenvalue weighted by atomic mass is 9.84. The number of hydrogen-bond acceptors (Lipinski definition) is 4. The fraction of sp³-hybridized carbons (Fsp3) is 0.720. The molecule has 0 unspecified atom stereocenters. The second kappa shape index (κ2) is 10.7. The van der Waals surface area contributed by atoms with Gasteiger partial charge >= 0.3 is 0 Å². The number of carbonyl (C=O) groups is 1. The van der Waals surface area contributed by atoms with Crippen molar-refractivity contribution in [2.24, 2.45) is 5.92 Å². The zero-order chi connectivity index (χ0) is 22.6. The van der Waals surface area contributed by atoms with Crippen molar-refractivity contribution < 1.29 is 13.2 Å². The number of sulfonamides is 1. The summed E-state index contributed by atoms with van der Waals surface area (Å²) in [5.41, 5.74) is 1.27. The molecule has 1 aromatic rings. The van der Waals surface area contributed by atoms with Crippen LogP contribution in [0.4, 0.5) is 0 Å². The van der Waals surface area contributed by atoms with E-state index in [2.05, 4.69) is 17.1 Å². The molecule has 7 heteroatoms. The van der Waals surface area contributed by atoms with Gasteiger partial charge in [0.25, 0.3) is 0 Å². The smallest absolute Gasteiger partial charge is 0.243 e. The summed E-state index contributed by atoms with van der Waals surface area (Å²) in [6, 6.07) is 7.87. The maximum Gasteiger partial charge on any atom is 0.243 e. The number of rotatable bonds is 6. The molecule has 178 valence electrons. The Kier molecular flexibility index (Phi) is 7.90. The molecule has 0 aromatic heterocycles. The lowest BCUT2D eigenvalue weighted by Crippen LogP contribution is -2.52. The van der Waals surface area contributed by atoms with Crippen LogP contribution in [0.2, 0.25) is 0 Å². The Morgan fingerprint density at radius 2 is 1.53 bits per heavy atom. The molecule has 1 aromatic carbocycles. The molecule has 3 aliphatic rings. The molecule has 0 radical (unpaired) electrons. The Balaban J connectivity index is 1.27. The molecule has 1 aliphatic heterocycles. The fourth-order valence-corrected chi connectivity index (χ4v) is 7.03. The van der Waals surface area contributed by atoms with Gasteiger partial charge in [0.15, 0.2) is 0 Å². The maximum absolute atomic E-state index is 13.1. The van der Waals surface area contributed by atoms with Crippen molar-refractivity contribution in [2.75, 3.05) is 32.7 Å². The summed E-state index contributed by atoms with van der Waals surface area (Å²) in [5, 5.41) is 3.20. The SMILES string of the molecule is C[C@H]1CCCC[C@@H]1NC(=O)CN1CCN(S(=O)(=O)c2ccc(C3CCCCC3)cc2)CC1. The first-order valence-corrected chi connectivity index (χ1v) is 14.0. The number of hydrogen-bond donors (Lipinski definition) is 1. The number of benzene rings is 1. The molecule has 2 atom stereocenters. The van der Waals surface area contributed by atoms with Crippen LogP contribution in [0.3, 0.4) is 0 Å². The summed E-state index contributed by atoms with van der Waals surface area (Å²) in [4.78, 5) is 15.0. The Labute approximate surface area is 193 Å². The van der Waals surface area contributed by atoms with Crippen LogP contribution in [-0.2, 0) is 14.8 Å². The summed E-state index contributed by atoms with van der Waals surface area (Å²) in [5.74, 6) is 1.18. The van der Waals surface area contributed by atoms with Gasteiger partial charge in [-0.15, -0.1) is 0 Å². The van der Waals surface area contributed by atoms with Gasteiger partial charge in [0.05, 0.1) is 11.4 Å². The Hall–Kier alpha value is -1.44. The van der Waals surface area contributed by atoms with Crippen molar-refractivity contribution in [1.82, 2.24) is 14.5 Å². The minimum absolute atomic E-state index is 0.0679. The van der Waals surface area contributed by atoms with Crippen LogP contribution in [0, 0.1) is 5.92 Å². The molecular formula is C25H39N3O3S. The van der Waals surface area contributed by atoms with E-state index in [4.69, 9.17) is 0 Å². The van der Waals surface area contributed by atoms with E-state index in [9.17, 15) is 13.2 Å². The van der Waals surface area contributed by atoms with Gasteiger partial charge in [-0.2, -0.15) is 4.31 Å². The van der Waals surface area contributed by atoms with Crippen LogP contribution in [0.15, 0.2) is 29.2 Å². The maximum atomic E-state index is 13.1. The molecule has 2 saturated carbocycles. The lowest BCUT2D eigenvalue weighted by molar-refractivity contribution is -0.123. The lowest BCUT2D eigenvalue weighted by Gasteiger charge is -2.34. The number of piperazine rings is 1.